The highest BCUT2D eigenvalue weighted by Gasteiger charge is 2.32. The molecule has 0 bridgehead atoms. The lowest BCUT2D eigenvalue weighted by Crippen LogP contribution is -2.59. The summed E-state index contributed by atoms with van der Waals surface area (Å²) in [5.74, 6) is 0. The molecule has 4 heteroatoms. The first-order valence-corrected chi connectivity index (χ1v) is 8.24. The monoisotopic (exact) mass is 330 g/mol. The van der Waals surface area contributed by atoms with E-state index >= 15 is 0 Å². The second kappa shape index (κ2) is 5.61. The van der Waals surface area contributed by atoms with Crippen molar-refractivity contribution >= 4 is 27.3 Å². The smallest absolute Gasteiger partial charge is 0.0332 e. The van der Waals surface area contributed by atoms with Crippen LogP contribution in [0.25, 0.3) is 0 Å². The largest absolute Gasteiger partial charge is 0.311 e. The van der Waals surface area contributed by atoms with Crippen LogP contribution >= 0.6 is 27.3 Å². The maximum atomic E-state index is 3.68. The third-order valence-electron chi connectivity index (χ3n) is 3.73. The van der Waals surface area contributed by atoms with Gasteiger partial charge in [0, 0.05) is 46.4 Å². The Bertz CT molecular complexity index is 397. The molecule has 1 aromatic rings. The number of hydrogen-bond donors (Lipinski definition) is 1. The minimum atomic E-state index is 0.328. The summed E-state index contributed by atoms with van der Waals surface area (Å²) < 4.78 is 1.21. The van der Waals surface area contributed by atoms with Crippen LogP contribution in [0.4, 0.5) is 0 Å². The first-order valence-electron chi connectivity index (χ1n) is 6.56. The highest BCUT2D eigenvalue weighted by atomic mass is 79.9. The molecule has 0 saturated carbocycles. The van der Waals surface area contributed by atoms with Gasteiger partial charge in [0.1, 0.15) is 0 Å². The molecule has 0 spiro atoms. The van der Waals surface area contributed by atoms with Crippen LogP contribution in [0.3, 0.4) is 0 Å². The van der Waals surface area contributed by atoms with Gasteiger partial charge in [0.05, 0.1) is 0 Å². The third kappa shape index (κ3) is 3.56. The summed E-state index contributed by atoms with van der Waals surface area (Å²) in [4.78, 5) is 4.05. The second-order valence-electron chi connectivity index (χ2n) is 6.34. The van der Waals surface area contributed by atoms with Crippen molar-refractivity contribution in [3.8, 4) is 0 Å². The van der Waals surface area contributed by atoms with Gasteiger partial charge in [-0.1, -0.05) is 20.8 Å². The van der Waals surface area contributed by atoms with Gasteiger partial charge in [0.25, 0.3) is 0 Å². The Hall–Kier alpha value is 0.1000. The van der Waals surface area contributed by atoms with E-state index in [0.717, 1.165) is 19.6 Å². The number of nitrogens with zero attached hydrogens (tertiary/aromatic N) is 1. The summed E-state index contributed by atoms with van der Waals surface area (Å²) in [6.45, 7) is 12.6. The number of halogens is 1. The zero-order chi connectivity index (χ0) is 13.3. The van der Waals surface area contributed by atoms with Crippen LogP contribution in [-0.4, -0.2) is 30.1 Å². The van der Waals surface area contributed by atoms with Gasteiger partial charge in [0.15, 0.2) is 0 Å². The Labute approximate surface area is 123 Å². The van der Waals surface area contributed by atoms with E-state index in [9.17, 15) is 0 Å². The highest BCUT2D eigenvalue weighted by Crippen LogP contribution is 2.26. The molecule has 18 heavy (non-hydrogen) atoms. The van der Waals surface area contributed by atoms with E-state index in [4.69, 9.17) is 0 Å². The van der Waals surface area contributed by atoms with Crippen LogP contribution in [-0.2, 0) is 6.54 Å². The highest BCUT2D eigenvalue weighted by molar-refractivity contribution is 9.10. The van der Waals surface area contributed by atoms with Gasteiger partial charge in [-0.05, 0) is 34.3 Å². The molecule has 0 amide bonds. The van der Waals surface area contributed by atoms with E-state index in [2.05, 4.69) is 65.3 Å². The molecule has 1 saturated heterocycles. The van der Waals surface area contributed by atoms with Crippen LogP contribution < -0.4 is 5.32 Å². The number of rotatable bonds is 2. The predicted molar refractivity (Wildman–Crippen MR) is 83.1 cm³/mol. The van der Waals surface area contributed by atoms with Crippen LogP contribution in [0, 0.1) is 5.41 Å². The Morgan fingerprint density at radius 1 is 1.50 bits per heavy atom. The van der Waals surface area contributed by atoms with E-state index in [-0.39, 0.29) is 0 Å². The summed E-state index contributed by atoms with van der Waals surface area (Å²) in [5, 5.41) is 5.85. The maximum Gasteiger partial charge on any atom is 0.0332 e. The standard InChI is InChI=1S/C14H23BrN2S/c1-10-6-16-13(14(2,3)4)8-17(10)7-12-5-11(15)9-18-12/h5,9-10,13,16H,6-8H2,1-4H3. The summed E-state index contributed by atoms with van der Waals surface area (Å²) in [5.41, 5.74) is 0.328. The number of hydrogen-bond acceptors (Lipinski definition) is 3. The van der Waals surface area contributed by atoms with Gasteiger partial charge in [0.2, 0.25) is 0 Å². The average molecular weight is 331 g/mol. The molecule has 2 unspecified atom stereocenters. The van der Waals surface area contributed by atoms with Crippen molar-refractivity contribution < 1.29 is 0 Å². The van der Waals surface area contributed by atoms with Gasteiger partial charge in [-0.25, -0.2) is 0 Å². The van der Waals surface area contributed by atoms with Crippen LogP contribution in [0.2, 0.25) is 0 Å². The lowest BCUT2D eigenvalue weighted by atomic mass is 9.85. The Balaban J connectivity index is 2.02. The third-order valence-corrected chi connectivity index (χ3v) is 5.41. The van der Waals surface area contributed by atoms with Crippen molar-refractivity contribution in [3.63, 3.8) is 0 Å². The summed E-state index contributed by atoms with van der Waals surface area (Å²) in [6, 6.07) is 3.44. The first kappa shape index (κ1) is 14.5. The molecule has 2 atom stereocenters. The molecule has 1 aliphatic rings. The molecule has 1 aliphatic heterocycles. The van der Waals surface area contributed by atoms with E-state index in [1.165, 1.54) is 9.35 Å². The fraction of sp³-hybridized carbons (Fsp3) is 0.714. The van der Waals surface area contributed by atoms with Crippen LogP contribution in [0.5, 0.6) is 0 Å². The van der Waals surface area contributed by atoms with Gasteiger partial charge in [-0.2, -0.15) is 0 Å². The van der Waals surface area contributed by atoms with E-state index in [0.29, 0.717) is 17.5 Å². The van der Waals surface area contributed by atoms with Crippen molar-refractivity contribution in [2.24, 2.45) is 5.41 Å². The summed E-state index contributed by atoms with van der Waals surface area (Å²) >= 11 is 5.38. The number of piperazine rings is 1. The maximum absolute atomic E-state index is 3.68. The first-order chi connectivity index (χ1) is 8.36. The SMILES string of the molecule is CC1CNC(C(C)(C)C)CN1Cc1cc(Br)cs1. The molecular weight excluding hydrogens is 308 g/mol. The van der Waals surface area contributed by atoms with E-state index in [1.807, 2.05) is 11.3 Å². The minimum Gasteiger partial charge on any atom is -0.311 e. The molecule has 1 N–H and O–H groups in total. The molecule has 1 fully saturated rings. The van der Waals surface area contributed by atoms with Gasteiger partial charge >= 0.3 is 0 Å². The molecule has 0 aromatic carbocycles. The normalized spacial score (nSPS) is 26.5. The van der Waals surface area contributed by atoms with E-state index < -0.39 is 0 Å². The second-order valence-corrected chi connectivity index (χ2v) is 8.25. The van der Waals surface area contributed by atoms with E-state index in [1.54, 1.807) is 0 Å². The molecular formula is C14H23BrN2S. The molecule has 2 rings (SSSR count). The Kier molecular flexibility index (Phi) is 4.52. The number of thiophene rings is 1. The van der Waals surface area contributed by atoms with Crippen molar-refractivity contribution in [2.45, 2.75) is 46.3 Å². The number of nitrogens with one attached hydrogen (secondary N) is 1. The topological polar surface area (TPSA) is 15.3 Å². The molecule has 2 heterocycles. The van der Waals surface area contributed by atoms with Crippen molar-refractivity contribution in [3.05, 3.63) is 20.8 Å². The average Bonchev–Trinajstić information content (AvgIpc) is 2.66. The summed E-state index contributed by atoms with van der Waals surface area (Å²) in [7, 11) is 0. The zero-order valence-electron chi connectivity index (χ0n) is 11.7. The molecule has 0 aliphatic carbocycles. The predicted octanol–water partition coefficient (Wildman–Crippen LogP) is 3.72. The minimum absolute atomic E-state index is 0.328. The Morgan fingerprint density at radius 2 is 2.22 bits per heavy atom. The fourth-order valence-corrected chi connectivity index (χ4v) is 3.83. The summed E-state index contributed by atoms with van der Waals surface area (Å²) in [6.07, 6.45) is 0. The van der Waals surface area contributed by atoms with Crippen LogP contribution in [0.15, 0.2) is 15.9 Å². The van der Waals surface area contributed by atoms with Gasteiger partial charge < -0.3 is 5.32 Å². The molecule has 0 radical (unpaired) electrons. The quantitative estimate of drug-likeness (QED) is 0.889. The molecule has 2 nitrogen and oxygen atoms in total. The van der Waals surface area contributed by atoms with Crippen molar-refractivity contribution in [2.75, 3.05) is 13.1 Å². The Morgan fingerprint density at radius 3 is 2.78 bits per heavy atom. The lowest BCUT2D eigenvalue weighted by Gasteiger charge is -2.43. The van der Waals surface area contributed by atoms with Crippen molar-refractivity contribution in [1.29, 1.82) is 0 Å². The van der Waals surface area contributed by atoms with Gasteiger partial charge in [-0.3, -0.25) is 4.90 Å². The molecule has 1 aromatic heterocycles. The van der Waals surface area contributed by atoms with Gasteiger partial charge in [-0.15, -0.1) is 11.3 Å². The molecule has 102 valence electrons. The zero-order valence-corrected chi connectivity index (χ0v) is 14.1. The van der Waals surface area contributed by atoms with Crippen molar-refractivity contribution in [1.82, 2.24) is 10.2 Å². The van der Waals surface area contributed by atoms with Crippen LogP contribution in [0.1, 0.15) is 32.6 Å². The fourth-order valence-electron chi connectivity index (χ4n) is 2.36. The lowest BCUT2D eigenvalue weighted by molar-refractivity contribution is 0.0886.